The van der Waals surface area contributed by atoms with Crippen LogP contribution >= 0.6 is 0 Å². The lowest BCUT2D eigenvalue weighted by Crippen LogP contribution is -1.89. The Morgan fingerprint density at radius 3 is 2.64 bits per heavy atom. The van der Waals surface area contributed by atoms with Gasteiger partial charge in [0.1, 0.15) is 5.82 Å². The molecule has 1 aromatic rings. The van der Waals surface area contributed by atoms with Crippen molar-refractivity contribution in [3.8, 4) is 0 Å². The Kier molecular flexibility index (Phi) is 3.77. The SMILES string of the molecule is CC(/C=C/c1ccc(F)cc1)N=C=O. The number of nitrogens with zero attached hydrogens (tertiary/aromatic N) is 1. The van der Waals surface area contributed by atoms with Gasteiger partial charge in [-0.2, -0.15) is 4.99 Å². The van der Waals surface area contributed by atoms with Gasteiger partial charge in [0.2, 0.25) is 6.08 Å². The van der Waals surface area contributed by atoms with Crippen LogP contribution in [-0.2, 0) is 4.79 Å². The van der Waals surface area contributed by atoms with E-state index in [4.69, 9.17) is 0 Å². The minimum absolute atomic E-state index is 0.197. The van der Waals surface area contributed by atoms with Gasteiger partial charge in [0.05, 0.1) is 6.04 Å². The summed E-state index contributed by atoms with van der Waals surface area (Å²) in [5.74, 6) is -0.263. The number of carbonyl (C=O) groups excluding carboxylic acids is 1. The molecule has 1 unspecified atom stereocenters. The van der Waals surface area contributed by atoms with Crippen molar-refractivity contribution in [2.24, 2.45) is 4.99 Å². The summed E-state index contributed by atoms with van der Waals surface area (Å²) in [7, 11) is 0. The van der Waals surface area contributed by atoms with E-state index in [1.807, 2.05) is 0 Å². The van der Waals surface area contributed by atoms with Gasteiger partial charge in [-0.1, -0.05) is 24.3 Å². The first-order chi connectivity index (χ1) is 6.72. The molecule has 0 aliphatic carbocycles. The molecule has 72 valence electrons. The lowest BCUT2D eigenvalue weighted by Gasteiger charge is -1.95. The van der Waals surface area contributed by atoms with Crippen molar-refractivity contribution in [3.05, 3.63) is 41.7 Å². The monoisotopic (exact) mass is 191 g/mol. The molecular formula is C11H10FNO. The third-order valence-corrected chi connectivity index (χ3v) is 1.69. The van der Waals surface area contributed by atoms with E-state index in [2.05, 4.69) is 4.99 Å². The van der Waals surface area contributed by atoms with Crippen LogP contribution < -0.4 is 0 Å². The fraction of sp³-hybridized carbons (Fsp3) is 0.182. The van der Waals surface area contributed by atoms with Crippen LogP contribution in [0.2, 0.25) is 0 Å². The molecule has 0 heterocycles. The Morgan fingerprint density at radius 2 is 2.07 bits per heavy atom. The Hall–Kier alpha value is -1.73. The molecule has 0 saturated heterocycles. The fourth-order valence-corrected chi connectivity index (χ4v) is 0.950. The number of rotatable bonds is 3. The summed E-state index contributed by atoms with van der Waals surface area (Å²) in [6.07, 6.45) is 5.01. The van der Waals surface area contributed by atoms with Gasteiger partial charge in [0.15, 0.2) is 0 Å². The summed E-state index contributed by atoms with van der Waals surface area (Å²) in [6.45, 7) is 1.77. The number of halogens is 1. The standard InChI is InChI=1S/C11H10FNO/c1-9(13-8-14)2-3-10-4-6-11(12)7-5-10/h2-7,9H,1H3/b3-2+. The molecule has 0 aromatic heterocycles. The third-order valence-electron chi connectivity index (χ3n) is 1.69. The maximum Gasteiger partial charge on any atom is 0.235 e. The molecule has 3 heteroatoms. The smallest absolute Gasteiger partial charge is 0.211 e. The van der Waals surface area contributed by atoms with Crippen LogP contribution in [0.1, 0.15) is 12.5 Å². The van der Waals surface area contributed by atoms with Gasteiger partial charge in [-0.15, -0.1) is 0 Å². The molecule has 0 spiro atoms. The molecule has 0 fully saturated rings. The van der Waals surface area contributed by atoms with E-state index in [0.29, 0.717) is 0 Å². The van der Waals surface area contributed by atoms with Gasteiger partial charge in [0, 0.05) is 0 Å². The van der Waals surface area contributed by atoms with E-state index in [1.54, 1.807) is 31.2 Å². The van der Waals surface area contributed by atoms with Crippen LogP contribution in [0.25, 0.3) is 6.08 Å². The maximum atomic E-state index is 12.5. The molecule has 1 aromatic carbocycles. The molecule has 1 rings (SSSR count). The van der Waals surface area contributed by atoms with Gasteiger partial charge in [-0.05, 0) is 24.6 Å². The van der Waals surface area contributed by atoms with Gasteiger partial charge >= 0.3 is 0 Å². The second-order valence-corrected chi connectivity index (χ2v) is 2.87. The molecule has 0 N–H and O–H groups in total. The van der Waals surface area contributed by atoms with E-state index in [-0.39, 0.29) is 11.9 Å². The average molecular weight is 191 g/mol. The first kappa shape index (κ1) is 10.4. The minimum atomic E-state index is -0.263. The molecule has 0 aliphatic heterocycles. The topological polar surface area (TPSA) is 29.4 Å². The third kappa shape index (κ3) is 3.33. The van der Waals surface area contributed by atoms with Crippen molar-refractivity contribution >= 4 is 12.2 Å². The van der Waals surface area contributed by atoms with Crippen molar-refractivity contribution in [2.75, 3.05) is 0 Å². The zero-order valence-corrected chi connectivity index (χ0v) is 7.77. The van der Waals surface area contributed by atoms with E-state index in [0.717, 1.165) is 5.56 Å². The molecule has 14 heavy (non-hydrogen) atoms. The molecule has 0 radical (unpaired) electrons. The molecule has 1 atom stereocenters. The quantitative estimate of drug-likeness (QED) is 0.533. The Labute approximate surface area is 81.8 Å². The van der Waals surface area contributed by atoms with Crippen LogP contribution in [0.4, 0.5) is 4.39 Å². The Morgan fingerprint density at radius 1 is 1.43 bits per heavy atom. The highest BCUT2D eigenvalue weighted by molar-refractivity contribution is 5.50. The fourth-order valence-electron chi connectivity index (χ4n) is 0.950. The first-order valence-corrected chi connectivity index (χ1v) is 4.23. The summed E-state index contributed by atoms with van der Waals surface area (Å²) < 4.78 is 12.5. The first-order valence-electron chi connectivity index (χ1n) is 4.23. The van der Waals surface area contributed by atoms with Crippen molar-refractivity contribution in [2.45, 2.75) is 13.0 Å². The van der Waals surface area contributed by atoms with Crippen molar-refractivity contribution in [1.82, 2.24) is 0 Å². The van der Waals surface area contributed by atoms with Crippen LogP contribution in [0.3, 0.4) is 0 Å². The normalized spacial score (nSPS) is 12.4. The summed E-state index contributed by atoms with van der Waals surface area (Å²) in [4.78, 5) is 13.4. The van der Waals surface area contributed by atoms with Crippen molar-refractivity contribution < 1.29 is 9.18 Å². The molecular weight excluding hydrogens is 181 g/mol. The highest BCUT2D eigenvalue weighted by Gasteiger charge is 1.92. The summed E-state index contributed by atoms with van der Waals surface area (Å²) in [5.41, 5.74) is 0.874. The van der Waals surface area contributed by atoms with Crippen LogP contribution in [-0.4, -0.2) is 12.1 Å². The highest BCUT2D eigenvalue weighted by Crippen LogP contribution is 2.05. The Bertz CT molecular complexity index is 363. The van der Waals surface area contributed by atoms with Crippen LogP contribution in [0.15, 0.2) is 35.3 Å². The predicted octanol–water partition coefficient (Wildman–Crippen LogP) is 2.56. The summed E-state index contributed by atoms with van der Waals surface area (Å²) in [5, 5.41) is 0. The van der Waals surface area contributed by atoms with Crippen molar-refractivity contribution in [3.63, 3.8) is 0 Å². The zero-order valence-electron chi connectivity index (χ0n) is 7.77. The second kappa shape index (κ2) is 5.10. The Balaban J connectivity index is 2.68. The van der Waals surface area contributed by atoms with Gasteiger partial charge < -0.3 is 0 Å². The van der Waals surface area contributed by atoms with E-state index >= 15 is 0 Å². The summed E-state index contributed by atoms with van der Waals surface area (Å²) in [6, 6.07) is 5.88. The number of hydrogen-bond donors (Lipinski definition) is 0. The lowest BCUT2D eigenvalue weighted by molar-refractivity contribution is 0.561. The van der Waals surface area contributed by atoms with Gasteiger partial charge in [-0.25, -0.2) is 9.18 Å². The molecule has 2 nitrogen and oxygen atoms in total. The predicted molar refractivity (Wildman–Crippen MR) is 53.0 cm³/mol. The molecule has 0 bridgehead atoms. The van der Waals surface area contributed by atoms with E-state index < -0.39 is 0 Å². The average Bonchev–Trinajstić information content (AvgIpc) is 2.17. The molecule has 0 aliphatic rings. The summed E-state index contributed by atoms with van der Waals surface area (Å²) >= 11 is 0. The van der Waals surface area contributed by atoms with Crippen LogP contribution in [0, 0.1) is 5.82 Å². The van der Waals surface area contributed by atoms with Crippen molar-refractivity contribution in [1.29, 1.82) is 0 Å². The number of benzene rings is 1. The largest absolute Gasteiger partial charge is 0.235 e. The number of aliphatic imine (C=N–C) groups is 1. The zero-order chi connectivity index (χ0) is 10.4. The van der Waals surface area contributed by atoms with Gasteiger partial charge in [-0.3, -0.25) is 0 Å². The maximum absolute atomic E-state index is 12.5. The molecule has 0 saturated carbocycles. The number of hydrogen-bond acceptors (Lipinski definition) is 2. The minimum Gasteiger partial charge on any atom is -0.211 e. The highest BCUT2D eigenvalue weighted by atomic mass is 19.1. The van der Waals surface area contributed by atoms with E-state index in [9.17, 15) is 9.18 Å². The molecule has 0 amide bonds. The number of isocyanates is 1. The lowest BCUT2D eigenvalue weighted by atomic mass is 10.2. The van der Waals surface area contributed by atoms with E-state index in [1.165, 1.54) is 18.2 Å². The van der Waals surface area contributed by atoms with Crippen LogP contribution in [0.5, 0.6) is 0 Å². The second-order valence-electron chi connectivity index (χ2n) is 2.87. The van der Waals surface area contributed by atoms with Gasteiger partial charge in [0.25, 0.3) is 0 Å².